The quantitative estimate of drug-likeness (QED) is 0.595. The maximum Gasteiger partial charge on any atom is 0.254 e. The highest BCUT2D eigenvalue weighted by Crippen LogP contribution is 2.30. The number of hydrogen-bond acceptors (Lipinski definition) is 4. The van der Waals surface area contributed by atoms with Crippen molar-refractivity contribution in [1.29, 1.82) is 0 Å². The number of benzene rings is 3. The highest BCUT2D eigenvalue weighted by atomic mass is 32.2. The zero-order chi connectivity index (χ0) is 21.8. The van der Waals surface area contributed by atoms with E-state index in [0.29, 0.717) is 30.0 Å². The van der Waals surface area contributed by atoms with Crippen molar-refractivity contribution in [1.82, 2.24) is 4.90 Å². The number of carbonyl (C=O) groups is 1. The fraction of sp³-hybridized carbons (Fsp3) is 0.208. The van der Waals surface area contributed by atoms with Crippen molar-refractivity contribution in [2.45, 2.75) is 11.7 Å². The van der Waals surface area contributed by atoms with Crippen LogP contribution in [-0.2, 0) is 9.84 Å². The summed E-state index contributed by atoms with van der Waals surface area (Å²) in [7, 11) is -3.36. The third-order valence-electron chi connectivity index (χ3n) is 5.33. The topological polar surface area (TPSA) is 63.7 Å². The van der Waals surface area contributed by atoms with Gasteiger partial charge in [-0.3, -0.25) is 4.79 Å². The van der Waals surface area contributed by atoms with E-state index in [2.05, 4.69) is 0 Å². The van der Waals surface area contributed by atoms with Crippen molar-refractivity contribution in [2.75, 3.05) is 18.8 Å². The summed E-state index contributed by atoms with van der Waals surface area (Å²) in [5.74, 6) is 0.221. The molecule has 1 fully saturated rings. The number of halogens is 1. The predicted molar refractivity (Wildman–Crippen MR) is 116 cm³/mol. The summed E-state index contributed by atoms with van der Waals surface area (Å²) in [6.07, 6.45) is 0.351. The van der Waals surface area contributed by atoms with Crippen LogP contribution in [0.4, 0.5) is 4.39 Å². The van der Waals surface area contributed by atoms with E-state index in [4.69, 9.17) is 4.74 Å². The normalized spacial score (nSPS) is 18.2. The average Bonchev–Trinajstić information content (AvgIpc) is 2.93. The van der Waals surface area contributed by atoms with Crippen LogP contribution >= 0.6 is 0 Å². The molecule has 3 aromatic carbocycles. The van der Waals surface area contributed by atoms with Gasteiger partial charge in [0.05, 0.1) is 11.0 Å². The molecule has 0 radical (unpaired) electrons. The van der Waals surface area contributed by atoms with Gasteiger partial charge in [0.15, 0.2) is 9.84 Å². The van der Waals surface area contributed by atoms with Crippen LogP contribution in [-0.4, -0.2) is 38.1 Å². The first-order valence-corrected chi connectivity index (χ1v) is 11.7. The van der Waals surface area contributed by atoms with Crippen LogP contribution in [0.25, 0.3) is 0 Å². The van der Waals surface area contributed by atoms with Gasteiger partial charge in [0, 0.05) is 18.7 Å². The van der Waals surface area contributed by atoms with Crippen molar-refractivity contribution >= 4 is 15.7 Å². The lowest BCUT2D eigenvalue weighted by Crippen LogP contribution is -2.33. The first-order chi connectivity index (χ1) is 14.9. The molecule has 1 unspecified atom stereocenters. The molecule has 5 nitrogen and oxygen atoms in total. The Morgan fingerprint density at radius 3 is 2.39 bits per heavy atom. The monoisotopic (exact) mass is 439 g/mol. The Morgan fingerprint density at radius 2 is 1.65 bits per heavy atom. The van der Waals surface area contributed by atoms with Gasteiger partial charge in [-0.1, -0.05) is 36.4 Å². The van der Waals surface area contributed by atoms with Crippen molar-refractivity contribution in [2.24, 2.45) is 0 Å². The van der Waals surface area contributed by atoms with Crippen molar-refractivity contribution in [3.63, 3.8) is 0 Å². The summed E-state index contributed by atoms with van der Waals surface area (Å²) < 4.78 is 44.4. The van der Waals surface area contributed by atoms with Gasteiger partial charge in [0.25, 0.3) is 5.91 Å². The Morgan fingerprint density at radius 1 is 0.903 bits per heavy atom. The lowest BCUT2D eigenvalue weighted by atomic mass is 10.1. The summed E-state index contributed by atoms with van der Waals surface area (Å²) in [4.78, 5) is 14.7. The van der Waals surface area contributed by atoms with E-state index in [0.717, 1.165) is 5.56 Å². The molecule has 3 aromatic rings. The molecule has 0 N–H and O–H groups in total. The number of ether oxygens (including phenoxy) is 1. The summed E-state index contributed by atoms with van der Waals surface area (Å²) in [5.41, 5.74) is 1.17. The van der Waals surface area contributed by atoms with E-state index in [1.54, 1.807) is 29.2 Å². The molecule has 1 atom stereocenters. The van der Waals surface area contributed by atoms with Gasteiger partial charge in [0.2, 0.25) is 0 Å². The second-order valence-electron chi connectivity index (χ2n) is 7.43. The minimum atomic E-state index is -3.36. The lowest BCUT2D eigenvalue weighted by Gasteiger charge is -2.20. The van der Waals surface area contributed by atoms with Gasteiger partial charge in [0.1, 0.15) is 17.3 Å². The number of rotatable bonds is 4. The van der Waals surface area contributed by atoms with Gasteiger partial charge in [-0.05, 0) is 54.4 Å². The van der Waals surface area contributed by atoms with Crippen LogP contribution in [0.2, 0.25) is 0 Å². The average molecular weight is 440 g/mol. The van der Waals surface area contributed by atoms with E-state index in [1.165, 1.54) is 24.3 Å². The van der Waals surface area contributed by atoms with E-state index in [1.807, 2.05) is 30.3 Å². The SMILES string of the molecule is O=C(c1cccc(Oc2ccc(F)cc2)c1)N1CCC(c2ccccc2)S(=O)(=O)CC1. The minimum Gasteiger partial charge on any atom is -0.457 e. The van der Waals surface area contributed by atoms with Gasteiger partial charge in [-0.2, -0.15) is 0 Å². The first kappa shape index (κ1) is 21.1. The molecule has 1 aliphatic heterocycles. The van der Waals surface area contributed by atoms with Gasteiger partial charge in [-0.25, -0.2) is 12.8 Å². The smallest absolute Gasteiger partial charge is 0.254 e. The molecule has 0 aromatic heterocycles. The molecule has 1 aliphatic rings. The van der Waals surface area contributed by atoms with Crippen LogP contribution in [0.5, 0.6) is 11.5 Å². The number of hydrogen-bond donors (Lipinski definition) is 0. The number of nitrogens with zero attached hydrogens (tertiary/aromatic N) is 1. The zero-order valence-corrected chi connectivity index (χ0v) is 17.6. The maximum absolute atomic E-state index is 13.1. The Bertz CT molecular complexity index is 1160. The summed E-state index contributed by atoms with van der Waals surface area (Å²) in [6.45, 7) is 0.494. The molecule has 4 rings (SSSR count). The summed E-state index contributed by atoms with van der Waals surface area (Å²) >= 11 is 0. The second-order valence-corrected chi connectivity index (χ2v) is 9.73. The van der Waals surface area contributed by atoms with Crippen molar-refractivity contribution in [3.05, 3.63) is 95.8 Å². The van der Waals surface area contributed by atoms with Crippen LogP contribution in [0, 0.1) is 5.82 Å². The summed E-state index contributed by atoms with van der Waals surface area (Å²) in [6, 6.07) is 21.4. The molecule has 0 saturated carbocycles. The Hall–Kier alpha value is -3.19. The first-order valence-electron chi connectivity index (χ1n) is 10.0. The van der Waals surface area contributed by atoms with Crippen LogP contribution < -0.4 is 4.74 Å². The predicted octanol–water partition coefficient (Wildman–Crippen LogP) is 4.62. The number of carbonyl (C=O) groups excluding carboxylic acids is 1. The van der Waals surface area contributed by atoms with Crippen molar-refractivity contribution < 1.29 is 22.3 Å². The lowest BCUT2D eigenvalue weighted by molar-refractivity contribution is 0.0766. The molecule has 0 aliphatic carbocycles. The van der Waals surface area contributed by atoms with Crippen molar-refractivity contribution in [3.8, 4) is 11.5 Å². The van der Waals surface area contributed by atoms with Gasteiger partial charge in [-0.15, -0.1) is 0 Å². The van der Waals surface area contributed by atoms with Crippen LogP contribution in [0.3, 0.4) is 0 Å². The number of sulfone groups is 1. The second kappa shape index (κ2) is 8.89. The maximum atomic E-state index is 13.1. The largest absolute Gasteiger partial charge is 0.457 e. The Kier molecular flexibility index (Phi) is 6.04. The molecule has 31 heavy (non-hydrogen) atoms. The molecular formula is C24H22FNO4S. The molecular weight excluding hydrogens is 417 g/mol. The highest BCUT2D eigenvalue weighted by Gasteiger charge is 2.32. The fourth-order valence-electron chi connectivity index (χ4n) is 3.70. The van der Waals surface area contributed by atoms with Crippen LogP contribution in [0.15, 0.2) is 78.9 Å². The molecule has 0 spiro atoms. The summed E-state index contributed by atoms with van der Waals surface area (Å²) in [5, 5.41) is -0.611. The zero-order valence-electron chi connectivity index (χ0n) is 16.8. The van der Waals surface area contributed by atoms with Gasteiger partial charge >= 0.3 is 0 Å². The van der Waals surface area contributed by atoms with Crippen LogP contribution in [0.1, 0.15) is 27.6 Å². The highest BCUT2D eigenvalue weighted by molar-refractivity contribution is 7.91. The van der Waals surface area contributed by atoms with E-state index in [9.17, 15) is 17.6 Å². The number of amides is 1. The molecule has 1 heterocycles. The Balaban J connectivity index is 1.50. The fourth-order valence-corrected chi connectivity index (χ4v) is 5.50. The van der Waals surface area contributed by atoms with E-state index < -0.39 is 15.1 Å². The third kappa shape index (κ3) is 4.94. The molecule has 7 heteroatoms. The van der Waals surface area contributed by atoms with E-state index in [-0.39, 0.29) is 24.0 Å². The minimum absolute atomic E-state index is 0.0793. The molecule has 1 saturated heterocycles. The molecule has 0 bridgehead atoms. The van der Waals surface area contributed by atoms with E-state index >= 15 is 0 Å². The molecule has 1 amide bonds. The molecule has 160 valence electrons. The Labute approximate surface area is 181 Å². The van der Waals surface area contributed by atoms with Gasteiger partial charge < -0.3 is 9.64 Å². The standard InChI is InChI=1S/C24H22FNO4S/c25-20-9-11-21(12-10-20)30-22-8-4-7-19(17-22)24(27)26-14-13-23(31(28,29)16-15-26)18-5-2-1-3-6-18/h1-12,17,23H,13-16H2. The third-order valence-corrected chi connectivity index (χ3v) is 7.46.